The molecule has 1 spiro atoms. The molecule has 0 bridgehead atoms. The van der Waals surface area contributed by atoms with Crippen LogP contribution in [0.2, 0.25) is 0 Å². The van der Waals surface area contributed by atoms with E-state index in [1.54, 1.807) is 0 Å². The molecular formula is C21H26N4O2. The van der Waals surface area contributed by atoms with Crippen molar-refractivity contribution in [3.8, 4) is 11.4 Å². The van der Waals surface area contributed by atoms with E-state index in [2.05, 4.69) is 28.0 Å². The molecule has 6 heteroatoms. The number of aromatic nitrogens is 2. The second-order valence-electron chi connectivity index (χ2n) is 7.56. The molecule has 3 fully saturated rings. The van der Waals surface area contributed by atoms with Crippen LogP contribution >= 0.6 is 0 Å². The largest absolute Gasteiger partial charge is 0.356 e. The minimum atomic E-state index is -0.358. The minimum absolute atomic E-state index is 0.358. The molecule has 2 aromatic rings. The highest BCUT2D eigenvalue weighted by Crippen LogP contribution is 2.34. The van der Waals surface area contributed by atoms with Crippen LogP contribution in [0.4, 0.5) is 11.6 Å². The van der Waals surface area contributed by atoms with Gasteiger partial charge in [-0.2, -0.15) is 0 Å². The SMILES string of the molecule is c1ccc(-c2nc(N3CCCC3)cc(N3CCC4(CC3)OCCO4)n2)cc1. The Bertz CT molecular complexity index is 776. The molecule has 4 heterocycles. The molecule has 3 aliphatic rings. The Hall–Kier alpha value is -2.18. The van der Waals surface area contributed by atoms with Gasteiger partial charge in [-0.15, -0.1) is 0 Å². The first-order chi connectivity index (χ1) is 13.3. The Morgan fingerprint density at radius 2 is 1.37 bits per heavy atom. The van der Waals surface area contributed by atoms with Crippen LogP contribution in [0.5, 0.6) is 0 Å². The molecule has 3 saturated heterocycles. The van der Waals surface area contributed by atoms with E-state index in [0.717, 1.165) is 62.0 Å². The number of nitrogens with zero attached hydrogens (tertiary/aromatic N) is 4. The van der Waals surface area contributed by atoms with E-state index in [9.17, 15) is 0 Å². The van der Waals surface area contributed by atoms with Gasteiger partial charge < -0.3 is 19.3 Å². The number of rotatable bonds is 3. The molecule has 1 aromatic heterocycles. The fourth-order valence-corrected chi connectivity index (χ4v) is 4.27. The molecule has 0 radical (unpaired) electrons. The van der Waals surface area contributed by atoms with Gasteiger partial charge in [-0.1, -0.05) is 30.3 Å². The molecule has 0 aliphatic carbocycles. The molecule has 5 rings (SSSR count). The number of benzene rings is 1. The zero-order valence-electron chi connectivity index (χ0n) is 15.6. The van der Waals surface area contributed by atoms with Crippen molar-refractivity contribution in [3.05, 3.63) is 36.4 Å². The standard InChI is InChI=1S/C21H26N4O2/c1-2-6-17(7-3-1)20-22-18(24-10-4-5-11-24)16-19(23-20)25-12-8-21(9-13-25)26-14-15-27-21/h1-3,6-7,16H,4-5,8-15H2. The average Bonchev–Trinajstić information content (AvgIpc) is 3.42. The van der Waals surface area contributed by atoms with Crippen LogP contribution in [0.1, 0.15) is 25.7 Å². The van der Waals surface area contributed by atoms with Gasteiger partial charge in [-0.05, 0) is 12.8 Å². The fraction of sp³-hybridized carbons (Fsp3) is 0.524. The van der Waals surface area contributed by atoms with Gasteiger partial charge in [0, 0.05) is 50.7 Å². The van der Waals surface area contributed by atoms with Gasteiger partial charge in [0.25, 0.3) is 0 Å². The van der Waals surface area contributed by atoms with E-state index < -0.39 is 0 Å². The van der Waals surface area contributed by atoms with Crippen LogP contribution in [0, 0.1) is 0 Å². The summed E-state index contributed by atoms with van der Waals surface area (Å²) in [5.41, 5.74) is 1.07. The first kappa shape index (κ1) is 17.0. The monoisotopic (exact) mass is 366 g/mol. The van der Waals surface area contributed by atoms with E-state index in [1.165, 1.54) is 12.8 Å². The number of hydrogen-bond donors (Lipinski definition) is 0. The summed E-state index contributed by atoms with van der Waals surface area (Å²) < 4.78 is 11.7. The maximum absolute atomic E-state index is 5.87. The summed E-state index contributed by atoms with van der Waals surface area (Å²) in [5.74, 6) is 2.51. The third-order valence-corrected chi connectivity index (χ3v) is 5.82. The van der Waals surface area contributed by atoms with Crippen LogP contribution in [-0.4, -0.2) is 55.1 Å². The van der Waals surface area contributed by atoms with E-state index in [1.807, 2.05) is 18.2 Å². The zero-order chi connectivity index (χ0) is 18.1. The van der Waals surface area contributed by atoms with Crippen molar-refractivity contribution in [3.63, 3.8) is 0 Å². The Morgan fingerprint density at radius 1 is 0.778 bits per heavy atom. The lowest BCUT2D eigenvalue weighted by atomic mass is 10.0. The molecule has 0 unspecified atom stereocenters. The van der Waals surface area contributed by atoms with E-state index in [0.29, 0.717) is 13.2 Å². The summed E-state index contributed by atoms with van der Waals surface area (Å²) in [6.45, 7) is 5.37. The second-order valence-corrected chi connectivity index (χ2v) is 7.56. The molecule has 0 amide bonds. The van der Waals surface area contributed by atoms with Crippen molar-refractivity contribution in [1.82, 2.24) is 9.97 Å². The van der Waals surface area contributed by atoms with E-state index in [-0.39, 0.29) is 5.79 Å². The topological polar surface area (TPSA) is 50.7 Å². The molecule has 3 aliphatic heterocycles. The summed E-state index contributed by atoms with van der Waals surface area (Å²) in [7, 11) is 0. The number of piperidine rings is 1. The highest BCUT2D eigenvalue weighted by atomic mass is 16.7. The molecule has 27 heavy (non-hydrogen) atoms. The fourth-order valence-electron chi connectivity index (χ4n) is 4.27. The lowest BCUT2D eigenvalue weighted by Gasteiger charge is -2.38. The Balaban J connectivity index is 1.45. The van der Waals surface area contributed by atoms with E-state index >= 15 is 0 Å². The maximum atomic E-state index is 5.87. The molecule has 1 aromatic carbocycles. The van der Waals surface area contributed by atoms with Crippen molar-refractivity contribution in [1.29, 1.82) is 0 Å². The normalized spacial score (nSPS) is 21.9. The van der Waals surface area contributed by atoms with Gasteiger partial charge in [0.05, 0.1) is 13.2 Å². The minimum Gasteiger partial charge on any atom is -0.356 e. The van der Waals surface area contributed by atoms with Crippen molar-refractivity contribution in [2.24, 2.45) is 0 Å². The van der Waals surface area contributed by atoms with Crippen molar-refractivity contribution in [2.45, 2.75) is 31.5 Å². The van der Waals surface area contributed by atoms with Gasteiger partial charge in [-0.3, -0.25) is 0 Å². The number of hydrogen-bond acceptors (Lipinski definition) is 6. The average molecular weight is 366 g/mol. The molecule has 0 saturated carbocycles. The molecule has 142 valence electrons. The van der Waals surface area contributed by atoms with Crippen LogP contribution in [0.3, 0.4) is 0 Å². The molecule has 0 N–H and O–H groups in total. The smallest absolute Gasteiger partial charge is 0.171 e. The number of anilines is 2. The third kappa shape index (κ3) is 3.39. The first-order valence-corrected chi connectivity index (χ1v) is 10.0. The summed E-state index contributed by atoms with van der Waals surface area (Å²) in [5, 5.41) is 0. The first-order valence-electron chi connectivity index (χ1n) is 10.0. The molecular weight excluding hydrogens is 340 g/mol. The predicted molar refractivity (Wildman–Crippen MR) is 105 cm³/mol. The van der Waals surface area contributed by atoms with Gasteiger partial charge >= 0.3 is 0 Å². The summed E-state index contributed by atoms with van der Waals surface area (Å²) in [4.78, 5) is 14.5. The highest BCUT2D eigenvalue weighted by molar-refractivity contribution is 5.62. The molecule has 0 atom stereocenters. The summed E-state index contributed by atoms with van der Waals surface area (Å²) in [6.07, 6.45) is 4.25. The lowest BCUT2D eigenvalue weighted by Crippen LogP contribution is -2.45. The predicted octanol–water partition coefficient (Wildman–Crippen LogP) is 3.09. The highest BCUT2D eigenvalue weighted by Gasteiger charge is 2.40. The van der Waals surface area contributed by atoms with E-state index in [4.69, 9.17) is 19.4 Å². The van der Waals surface area contributed by atoms with Crippen molar-refractivity contribution < 1.29 is 9.47 Å². The van der Waals surface area contributed by atoms with Crippen LogP contribution in [0.25, 0.3) is 11.4 Å². The Labute approximate surface area is 160 Å². The van der Waals surface area contributed by atoms with Crippen molar-refractivity contribution >= 4 is 11.6 Å². The molecule has 6 nitrogen and oxygen atoms in total. The summed E-state index contributed by atoms with van der Waals surface area (Å²) >= 11 is 0. The lowest BCUT2D eigenvalue weighted by molar-refractivity contribution is -0.169. The van der Waals surface area contributed by atoms with Crippen LogP contribution in [-0.2, 0) is 9.47 Å². The maximum Gasteiger partial charge on any atom is 0.171 e. The van der Waals surface area contributed by atoms with Crippen LogP contribution in [0.15, 0.2) is 36.4 Å². The second kappa shape index (κ2) is 7.09. The Kier molecular flexibility index (Phi) is 4.45. The van der Waals surface area contributed by atoms with Gasteiger partial charge in [0.15, 0.2) is 11.6 Å². The number of ether oxygens (including phenoxy) is 2. The van der Waals surface area contributed by atoms with Gasteiger partial charge in [0.2, 0.25) is 0 Å². The third-order valence-electron chi connectivity index (χ3n) is 5.82. The van der Waals surface area contributed by atoms with Gasteiger partial charge in [0.1, 0.15) is 11.6 Å². The van der Waals surface area contributed by atoms with Gasteiger partial charge in [-0.25, -0.2) is 9.97 Å². The van der Waals surface area contributed by atoms with Crippen molar-refractivity contribution in [2.75, 3.05) is 49.2 Å². The summed E-state index contributed by atoms with van der Waals surface area (Å²) in [6, 6.07) is 12.4. The van der Waals surface area contributed by atoms with Crippen LogP contribution < -0.4 is 9.80 Å². The zero-order valence-corrected chi connectivity index (χ0v) is 15.6. The Morgan fingerprint density at radius 3 is 2.00 bits per heavy atom. The quantitative estimate of drug-likeness (QED) is 0.832.